The Morgan fingerprint density at radius 2 is 2.64 bits per heavy atom. The van der Waals surface area contributed by atoms with Crippen molar-refractivity contribution < 1.29 is 0 Å². The largest absolute Gasteiger partial charge is 0.356 e. The van der Waals surface area contributed by atoms with E-state index in [1.54, 1.807) is 6.20 Å². The molecule has 1 heterocycles. The monoisotopic (exact) mass is 188 g/mol. The molecule has 0 saturated carbocycles. The van der Waals surface area contributed by atoms with Crippen molar-refractivity contribution in [3.63, 3.8) is 0 Å². The van der Waals surface area contributed by atoms with Gasteiger partial charge in [-0.25, -0.2) is 4.98 Å². The maximum absolute atomic E-state index is 5.68. The van der Waals surface area contributed by atoms with Crippen LogP contribution in [0.2, 0.25) is 4.34 Å². The first kappa shape index (κ1) is 8.56. The zero-order valence-corrected chi connectivity index (χ0v) is 7.75. The van der Waals surface area contributed by atoms with Gasteiger partial charge in [-0.15, -0.1) is 6.58 Å². The molecular weight excluding hydrogens is 180 g/mol. The molecule has 0 aromatic carbocycles. The quantitative estimate of drug-likeness (QED) is 0.738. The summed E-state index contributed by atoms with van der Waals surface area (Å²) in [6.45, 7) is 5.65. The summed E-state index contributed by atoms with van der Waals surface area (Å²) in [5, 5.41) is 3.95. The summed E-state index contributed by atoms with van der Waals surface area (Å²) in [6, 6.07) is 0.234. The molecule has 11 heavy (non-hydrogen) atoms. The summed E-state index contributed by atoms with van der Waals surface area (Å²) >= 11 is 7.10. The fraction of sp³-hybridized carbons (Fsp3) is 0.286. The highest BCUT2D eigenvalue weighted by Gasteiger charge is 2.00. The zero-order valence-electron chi connectivity index (χ0n) is 6.17. The second kappa shape index (κ2) is 3.74. The van der Waals surface area contributed by atoms with Gasteiger partial charge in [0.1, 0.15) is 4.34 Å². The first-order valence-corrected chi connectivity index (χ1v) is 4.42. The molecule has 4 heteroatoms. The molecule has 1 N–H and O–H groups in total. The lowest BCUT2D eigenvalue weighted by atomic mass is 10.3. The van der Waals surface area contributed by atoms with Crippen LogP contribution in [0.15, 0.2) is 18.9 Å². The Hall–Kier alpha value is -0.540. The summed E-state index contributed by atoms with van der Waals surface area (Å²) in [5.74, 6) is 0. The van der Waals surface area contributed by atoms with Gasteiger partial charge in [0.05, 0.1) is 6.20 Å². The summed E-state index contributed by atoms with van der Waals surface area (Å²) in [7, 11) is 0. The second-order valence-corrected chi connectivity index (χ2v) is 3.80. The van der Waals surface area contributed by atoms with Crippen LogP contribution in [0, 0.1) is 0 Å². The Morgan fingerprint density at radius 3 is 3.09 bits per heavy atom. The average Bonchev–Trinajstić information content (AvgIpc) is 2.35. The highest BCUT2D eigenvalue weighted by molar-refractivity contribution is 7.19. The Kier molecular flexibility index (Phi) is 2.91. The highest BCUT2D eigenvalue weighted by atomic mass is 35.5. The highest BCUT2D eigenvalue weighted by Crippen LogP contribution is 2.22. The standard InChI is InChI=1S/C7H9ClN2S/c1-3-5(2)10-7-9-4-6(8)11-7/h3-5H,1H2,2H3,(H,9,10). The topological polar surface area (TPSA) is 24.9 Å². The molecule has 0 fully saturated rings. The van der Waals surface area contributed by atoms with Crippen LogP contribution < -0.4 is 5.32 Å². The number of hydrogen-bond acceptors (Lipinski definition) is 3. The van der Waals surface area contributed by atoms with Gasteiger partial charge in [-0.05, 0) is 6.92 Å². The zero-order chi connectivity index (χ0) is 8.27. The molecule has 1 rings (SSSR count). The van der Waals surface area contributed by atoms with Crippen molar-refractivity contribution in [2.75, 3.05) is 5.32 Å². The number of rotatable bonds is 3. The van der Waals surface area contributed by atoms with Gasteiger partial charge < -0.3 is 5.32 Å². The second-order valence-electron chi connectivity index (χ2n) is 2.14. The van der Waals surface area contributed by atoms with Gasteiger partial charge in [0.25, 0.3) is 0 Å². The molecule has 0 aliphatic carbocycles. The first-order chi connectivity index (χ1) is 5.22. The van der Waals surface area contributed by atoms with Crippen molar-refractivity contribution in [3.8, 4) is 0 Å². The van der Waals surface area contributed by atoms with Crippen molar-refractivity contribution in [3.05, 3.63) is 23.2 Å². The minimum Gasteiger partial charge on any atom is -0.356 e. The van der Waals surface area contributed by atoms with Gasteiger partial charge in [0.2, 0.25) is 0 Å². The van der Waals surface area contributed by atoms with E-state index < -0.39 is 0 Å². The lowest BCUT2D eigenvalue weighted by Gasteiger charge is -2.05. The van der Waals surface area contributed by atoms with E-state index in [2.05, 4.69) is 16.9 Å². The van der Waals surface area contributed by atoms with E-state index in [4.69, 9.17) is 11.6 Å². The molecule has 0 saturated heterocycles. The van der Waals surface area contributed by atoms with E-state index in [1.807, 2.05) is 13.0 Å². The maximum atomic E-state index is 5.68. The first-order valence-electron chi connectivity index (χ1n) is 3.23. The number of hydrogen-bond donors (Lipinski definition) is 1. The summed E-state index contributed by atoms with van der Waals surface area (Å²) in [5.41, 5.74) is 0. The number of halogens is 1. The molecule has 1 atom stereocenters. The van der Waals surface area contributed by atoms with Crippen LogP contribution in [-0.4, -0.2) is 11.0 Å². The third kappa shape index (κ3) is 2.52. The number of aromatic nitrogens is 1. The minimum absolute atomic E-state index is 0.234. The molecule has 1 aromatic rings. The third-order valence-electron chi connectivity index (χ3n) is 1.18. The lowest BCUT2D eigenvalue weighted by molar-refractivity contribution is 0.995. The van der Waals surface area contributed by atoms with Gasteiger partial charge in [-0.3, -0.25) is 0 Å². The maximum Gasteiger partial charge on any atom is 0.184 e. The van der Waals surface area contributed by atoms with Crippen LogP contribution in [0.5, 0.6) is 0 Å². The molecule has 60 valence electrons. The fourth-order valence-corrected chi connectivity index (χ4v) is 1.48. The normalized spacial score (nSPS) is 12.5. The number of nitrogens with zero attached hydrogens (tertiary/aromatic N) is 1. The Morgan fingerprint density at radius 1 is 1.91 bits per heavy atom. The summed E-state index contributed by atoms with van der Waals surface area (Å²) in [6.07, 6.45) is 3.44. The Bertz CT molecular complexity index is 246. The molecule has 0 spiro atoms. The van der Waals surface area contributed by atoms with Gasteiger partial charge in [0, 0.05) is 6.04 Å². The van der Waals surface area contributed by atoms with E-state index in [0.29, 0.717) is 4.34 Å². The molecule has 0 bridgehead atoms. The Labute approximate surface area is 74.9 Å². The van der Waals surface area contributed by atoms with Crippen molar-refractivity contribution in [2.45, 2.75) is 13.0 Å². The van der Waals surface area contributed by atoms with E-state index in [9.17, 15) is 0 Å². The van der Waals surface area contributed by atoms with E-state index in [-0.39, 0.29) is 6.04 Å². The number of anilines is 1. The average molecular weight is 189 g/mol. The fourth-order valence-electron chi connectivity index (χ4n) is 0.575. The summed E-state index contributed by atoms with van der Waals surface area (Å²) in [4.78, 5) is 4.03. The van der Waals surface area contributed by atoms with Crippen molar-refractivity contribution >= 4 is 28.1 Å². The summed E-state index contributed by atoms with van der Waals surface area (Å²) < 4.78 is 0.698. The molecule has 0 aliphatic heterocycles. The predicted octanol–water partition coefficient (Wildman–Crippen LogP) is 2.78. The van der Waals surface area contributed by atoms with Crippen LogP contribution in [0.4, 0.5) is 5.13 Å². The van der Waals surface area contributed by atoms with Crippen LogP contribution >= 0.6 is 22.9 Å². The molecule has 0 aliphatic rings. The molecule has 1 unspecified atom stereocenters. The minimum atomic E-state index is 0.234. The van der Waals surface area contributed by atoms with Crippen LogP contribution in [0.25, 0.3) is 0 Å². The van der Waals surface area contributed by atoms with Crippen molar-refractivity contribution in [2.24, 2.45) is 0 Å². The molecule has 2 nitrogen and oxygen atoms in total. The van der Waals surface area contributed by atoms with Crippen molar-refractivity contribution in [1.82, 2.24) is 4.98 Å². The Balaban J connectivity index is 2.57. The predicted molar refractivity (Wildman–Crippen MR) is 50.4 cm³/mol. The van der Waals surface area contributed by atoms with E-state index in [1.165, 1.54) is 11.3 Å². The molecule has 0 radical (unpaired) electrons. The SMILES string of the molecule is C=CC(C)Nc1ncc(Cl)s1. The molecule has 0 amide bonds. The van der Waals surface area contributed by atoms with E-state index in [0.717, 1.165) is 5.13 Å². The smallest absolute Gasteiger partial charge is 0.184 e. The molecular formula is C7H9ClN2S. The van der Waals surface area contributed by atoms with Crippen molar-refractivity contribution in [1.29, 1.82) is 0 Å². The lowest BCUT2D eigenvalue weighted by Crippen LogP contribution is -2.10. The van der Waals surface area contributed by atoms with Crippen LogP contribution in [-0.2, 0) is 0 Å². The van der Waals surface area contributed by atoms with Crippen LogP contribution in [0.1, 0.15) is 6.92 Å². The van der Waals surface area contributed by atoms with Gasteiger partial charge in [-0.2, -0.15) is 0 Å². The van der Waals surface area contributed by atoms with Gasteiger partial charge in [-0.1, -0.05) is 29.0 Å². The van der Waals surface area contributed by atoms with Gasteiger partial charge in [0.15, 0.2) is 5.13 Å². The number of thiazole rings is 1. The van der Waals surface area contributed by atoms with E-state index >= 15 is 0 Å². The molecule has 1 aromatic heterocycles. The third-order valence-corrected chi connectivity index (χ3v) is 2.23. The van der Waals surface area contributed by atoms with Gasteiger partial charge >= 0.3 is 0 Å². The van der Waals surface area contributed by atoms with Crippen LogP contribution in [0.3, 0.4) is 0 Å². The number of nitrogens with one attached hydrogen (secondary N) is 1.